The van der Waals surface area contributed by atoms with Gasteiger partial charge < -0.3 is 3.48 Å². The lowest BCUT2D eigenvalue weighted by atomic mass is 11.9. The molecule has 0 spiro atoms. The number of hydrogen-bond donors (Lipinski definition) is 0. The van der Waals surface area contributed by atoms with Gasteiger partial charge in [-0.25, -0.2) is 0 Å². The quantitative estimate of drug-likeness (QED) is 0.495. The summed E-state index contributed by atoms with van der Waals surface area (Å²) in [4.78, 5) is 0. The Kier molecular flexibility index (Phi) is 23.2. The van der Waals surface area contributed by atoms with Gasteiger partial charge in [0.05, 0.1) is 0 Å². The van der Waals surface area contributed by atoms with Gasteiger partial charge in [-0.2, -0.15) is 0 Å². The lowest BCUT2D eigenvalue weighted by Gasteiger charge is -1.93. The van der Waals surface area contributed by atoms with Crippen molar-refractivity contribution in [3.8, 4) is 0 Å². The van der Waals surface area contributed by atoms with Crippen LogP contribution in [0.15, 0.2) is 0 Å². The van der Waals surface area contributed by atoms with E-state index < -0.39 is 23.6 Å². The van der Waals surface area contributed by atoms with Crippen molar-refractivity contribution in [1.82, 2.24) is 0 Å². The van der Waals surface area contributed by atoms with Gasteiger partial charge in [-0.15, -0.1) is 35.9 Å². The molecule has 0 bridgehead atoms. The van der Waals surface area contributed by atoms with Gasteiger partial charge in [0.1, 0.15) is 0 Å². The van der Waals surface area contributed by atoms with Crippen LogP contribution in [0.25, 0.3) is 0 Å². The molecule has 0 aliphatic rings. The summed E-state index contributed by atoms with van der Waals surface area (Å²) in [5.74, 6) is 4.24. The molecule has 8 heavy (non-hydrogen) atoms. The Bertz CT molecular complexity index is 38.5. The van der Waals surface area contributed by atoms with E-state index in [0.29, 0.717) is 0 Å². The Morgan fingerprint density at radius 2 is 1.75 bits per heavy atom. The van der Waals surface area contributed by atoms with Crippen LogP contribution in [0, 0.1) is 0 Å². The molecule has 0 aliphatic heterocycles. The second-order valence-corrected chi connectivity index (χ2v) is 5.63. The van der Waals surface area contributed by atoms with E-state index >= 15 is 0 Å². The monoisotopic (exact) mass is 210 g/mol. The van der Waals surface area contributed by atoms with Crippen molar-refractivity contribution in [2.75, 3.05) is 0 Å². The first-order valence-electron chi connectivity index (χ1n) is 1.95. The van der Waals surface area contributed by atoms with Crippen LogP contribution in [0.1, 0.15) is 0 Å². The fourth-order valence-electron chi connectivity index (χ4n) is 0.126. The van der Waals surface area contributed by atoms with E-state index in [1.807, 2.05) is 0 Å². The van der Waals surface area contributed by atoms with Crippen molar-refractivity contribution in [2.24, 2.45) is 0 Å². The zero-order valence-corrected chi connectivity index (χ0v) is 9.85. The summed E-state index contributed by atoms with van der Waals surface area (Å²) in [7, 11) is -0.600. The first-order valence-corrected chi connectivity index (χ1v) is 7.44. The Morgan fingerprint density at radius 3 is 1.75 bits per heavy atom. The third-order valence-electron chi connectivity index (χ3n) is 0.396. The van der Waals surface area contributed by atoms with Crippen molar-refractivity contribution in [3.05, 3.63) is 0 Å². The summed E-state index contributed by atoms with van der Waals surface area (Å²) < 4.78 is 5.08. The second-order valence-electron chi connectivity index (χ2n) is 1.32. The fraction of sp³-hybridized carbons (Fsp3) is 1.00. The topological polar surface area (TPSA) is 9.23 Å². The normalized spacial score (nSPS) is 7.88. The molecule has 52 valence electrons. The molecule has 1 nitrogen and oxygen atoms in total. The van der Waals surface area contributed by atoms with Gasteiger partial charge in [0, 0.05) is 0 Å². The molecule has 6 heteroatoms. The summed E-state index contributed by atoms with van der Waals surface area (Å²) in [6.45, 7) is 0. The van der Waals surface area contributed by atoms with Crippen molar-refractivity contribution in [2.45, 2.75) is 11.6 Å². The van der Waals surface area contributed by atoms with Gasteiger partial charge >= 0.3 is 14.5 Å². The lowest BCUT2D eigenvalue weighted by molar-refractivity contribution is 0.641. The Hall–Kier alpha value is 1.58. The standard InChI is InChI=1S/2CH3.Al.ClH2OSi.2ClH/c;;;1-3-2;;/h2*1H3;;3H2;2*1H/q;;+1;-1;;. The average Bonchev–Trinajstić information content (AvgIpc) is 1.35. The van der Waals surface area contributed by atoms with Crippen LogP contribution in [0.3, 0.4) is 0 Å². The summed E-state index contributed by atoms with van der Waals surface area (Å²) in [6.07, 6.45) is 0. The van der Waals surface area contributed by atoms with Crippen LogP contribution in [0.2, 0.25) is 11.6 Å². The van der Waals surface area contributed by atoms with Crippen molar-refractivity contribution >= 4 is 59.4 Å². The summed E-state index contributed by atoms with van der Waals surface area (Å²) in [6, 6.07) is 0. The molecule has 0 atom stereocenters. The molecular formula is C2H10AlCl3OSi. The molecule has 0 rings (SSSR count). The molecule has 0 radical (unpaired) electrons. The molecule has 0 unspecified atom stereocenters. The third kappa shape index (κ3) is 15.6. The summed E-state index contributed by atoms with van der Waals surface area (Å²) in [5, 5.41) is 0. The molecule has 0 N–H and O–H groups in total. The first kappa shape index (κ1) is 16.3. The Labute approximate surface area is 74.3 Å². The molecule has 0 fully saturated rings. The number of rotatable bonds is 2. The smallest absolute Gasteiger partial charge is 0.443 e. The molecule has 0 aromatic heterocycles. The summed E-state index contributed by atoms with van der Waals surface area (Å²) >= 11 is 4.61. The van der Waals surface area contributed by atoms with Gasteiger partial charge in [0.2, 0.25) is 9.07 Å². The highest BCUT2D eigenvalue weighted by atomic mass is 35.6. The van der Waals surface area contributed by atoms with Gasteiger partial charge in [-0.1, -0.05) is 11.6 Å². The summed E-state index contributed by atoms with van der Waals surface area (Å²) in [5.41, 5.74) is 0. The highest BCUT2D eigenvalue weighted by molar-refractivity contribution is 6.92. The number of halogens is 3. The predicted molar refractivity (Wildman–Crippen MR) is 47.5 cm³/mol. The maximum Gasteiger partial charge on any atom is 0.443 e. The van der Waals surface area contributed by atoms with Crippen molar-refractivity contribution in [3.63, 3.8) is 0 Å². The van der Waals surface area contributed by atoms with E-state index in [1.54, 1.807) is 0 Å². The van der Waals surface area contributed by atoms with Crippen LogP contribution in [-0.2, 0) is 3.48 Å². The van der Waals surface area contributed by atoms with E-state index in [-0.39, 0.29) is 24.8 Å². The Balaban J connectivity index is -0.000000125. The highest BCUT2D eigenvalue weighted by Gasteiger charge is 1.99. The second kappa shape index (κ2) is 11.4. The molecule has 0 saturated carbocycles. The molecule has 0 aromatic rings. The van der Waals surface area contributed by atoms with Crippen LogP contribution in [0.5, 0.6) is 0 Å². The first-order chi connectivity index (χ1) is 2.77. The highest BCUT2D eigenvalue weighted by Crippen LogP contribution is 1.80. The van der Waals surface area contributed by atoms with E-state index in [0.717, 1.165) is 0 Å². The minimum atomic E-state index is -0.741. The maximum atomic E-state index is 5.35. The minimum Gasteiger partial charge on any atom is -0.539 e. The average molecular weight is 212 g/mol. The lowest BCUT2D eigenvalue weighted by Crippen LogP contribution is -2.06. The van der Waals surface area contributed by atoms with E-state index in [2.05, 4.69) is 11.6 Å². The largest absolute Gasteiger partial charge is 0.539 e. The SMILES string of the molecule is Cl.Cl.[CH3][Al]([CH3])[O][SiH2]Cl. The molecule has 0 aliphatic carbocycles. The van der Waals surface area contributed by atoms with Crippen molar-refractivity contribution in [1.29, 1.82) is 0 Å². The maximum absolute atomic E-state index is 5.35. The zero-order valence-electron chi connectivity index (χ0n) is 4.89. The van der Waals surface area contributed by atoms with Gasteiger partial charge in [-0.3, -0.25) is 0 Å². The molecule has 0 aromatic carbocycles. The fourth-order valence-corrected chi connectivity index (χ4v) is 3.40. The molecule has 0 amide bonds. The van der Waals surface area contributed by atoms with E-state index in [4.69, 9.17) is 14.6 Å². The molecule has 0 saturated heterocycles. The van der Waals surface area contributed by atoms with Crippen molar-refractivity contribution < 1.29 is 3.48 Å². The van der Waals surface area contributed by atoms with Gasteiger partial charge in [-0.05, 0) is 0 Å². The van der Waals surface area contributed by atoms with Crippen LogP contribution in [-0.4, -0.2) is 23.6 Å². The number of hydrogen-bond acceptors (Lipinski definition) is 1. The van der Waals surface area contributed by atoms with E-state index in [1.165, 1.54) is 0 Å². The van der Waals surface area contributed by atoms with Crippen LogP contribution < -0.4 is 0 Å². The van der Waals surface area contributed by atoms with Gasteiger partial charge in [0.25, 0.3) is 0 Å². The minimum absolute atomic E-state index is 0. The van der Waals surface area contributed by atoms with Gasteiger partial charge in [0.15, 0.2) is 0 Å². The molecular weight excluding hydrogens is 201 g/mol. The Morgan fingerprint density at radius 1 is 1.38 bits per heavy atom. The van der Waals surface area contributed by atoms with E-state index in [9.17, 15) is 0 Å². The zero-order chi connectivity index (χ0) is 4.99. The molecule has 0 heterocycles. The van der Waals surface area contributed by atoms with Crippen LogP contribution in [0.4, 0.5) is 0 Å². The third-order valence-corrected chi connectivity index (χ3v) is 4.70. The van der Waals surface area contributed by atoms with Crippen LogP contribution >= 0.6 is 35.9 Å². The predicted octanol–water partition coefficient (Wildman–Crippen LogP) is 1.34.